The van der Waals surface area contributed by atoms with Crippen molar-refractivity contribution in [1.82, 2.24) is 13.9 Å². The molecule has 8 heteroatoms. The lowest BCUT2D eigenvalue weighted by Crippen LogP contribution is -2.47. The highest BCUT2D eigenvalue weighted by molar-refractivity contribution is 7.90. The summed E-state index contributed by atoms with van der Waals surface area (Å²) in [5, 5.41) is 8.11. The van der Waals surface area contributed by atoms with Crippen LogP contribution in [0.25, 0.3) is 11.0 Å². The first-order chi connectivity index (χ1) is 13.9. The number of rotatable bonds is 3. The first-order valence-electron chi connectivity index (χ1n) is 9.89. The topological polar surface area (TPSA) is 79.3 Å². The lowest BCUT2D eigenvalue weighted by atomic mass is 9.93. The summed E-state index contributed by atoms with van der Waals surface area (Å²) in [5.74, 6) is 0. The number of fused-ring (bicyclic) bond motifs is 3. The van der Waals surface area contributed by atoms with Crippen LogP contribution in [-0.2, 0) is 10.0 Å². The molecule has 0 saturated heterocycles. The molecule has 1 fully saturated rings. The van der Waals surface area contributed by atoms with Crippen LogP contribution in [0.2, 0.25) is 0 Å². The number of hydrogen-bond acceptors (Lipinski definition) is 6. The van der Waals surface area contributed by atoms with Crippen LogP contribution < -0.4 is 10.6 Å². The molecular weight excluding hydrogens is 386 g/mol. The van der Waals surface area contributed by atoms with Gasteiger partial charge in [-0.05, 0) is 51.6 Å². The second-order valence-electron chi connectivity index (χ2n) is 8.33. The predicted octanol–water partition coefficient (Wildman–Crippen LogP) is 2.96. The Kier molecular flexibility index (Phi) is 4.11. The van der Waals surface area contributed by atoms with Crippen LogP contribution >= 0.6 is 0 Å². The molecule has 1 aliphatic carbocycles. The number of anilines is 2. The zero-order valence-electron chi connectivity index (χ0n) is 16.6. The third-order valence-corrected chi connectivity index (χ3v) is 7.98. The van der Waals surface area contributed by atoms with Crippen molar-refractivity contribution >= 4 is 32.4 Å². The normalized spacial score (nSPS) is 23.9. The van der Waals surface area contributed by atoms with Crippen LogP contribution in [0.5, 0.6) is 0 Å². The third-order valence-electron chi connectivity index (χ3n) is 6.30. The molecule has 29 heavy (non-hydrogen) atoms. The largest absolute Gasteiger partial charge is 0.380 e. The molecule has 5 rings (SSSR count). The van der Waals surface area contributed by atoms with Crippen molar-refractivity contribution < 1.29 is 8.42 Å². The van der Waals surface area contributed by atoms with Gasteiger partial charge in [-0.15, -0.1) is 0 Å². The molecule has 3 aromatic rings. The highest BCUT2D eigenvalue weighted by Gasteiger charge is 2.42. The Morgan fingerprint density at radius 1 is 1.21 bits per heavy atom. The molecule has 0 amide bonds. The standard InChI is InChI=1S/C21H25N5O2S/c1-25(2)15-8-10-21(12-15)14-23-18-13-22-20-17(19(18)24-21)9-11-26(20)29(27,28)16-6-4-3-5-7-16/h3-7,9,11,13,15,23-24H,8,10,12,14H2,1-2H3. The zero-order chi connectivity index (χ0) is 20.2. The van der Waals surface area contributed by atoms with Crippen molar-refractivity contribution in [2.24, 2.45) is 0 Å². The van der Waals surface area contributed by atoms with Crippen molar-refractivity contribution in [1.29, 1.82) is 0 Å². The number of benzene rings is 1. The van der Waals surface area contributed by atoms with Gasteiger partial charge in [-0.25, -0.2) is 17.4 Å². The Bertz CT molecular complexity index is 1170. The molecule has 2 aliphatic rings. The molecule has 1 aromatic carbocycles. The van der Waals surface area contributed by atoms with E-state index in [0.717, 1.165) is 42.6 Å². The van der Waals surface area contributed by atoms with Gasteiger partial charge >= 0.3 is 0 Å². The summed E-state index contributed by atoms with van der Waals surface area (Å²) in [6.45, 7) is 0.848. The molecule has 2 atom stereocenters. The average Bonchev–Trinajstić information content (AvgIpc) is 3.34. The fourth-order valence-corrected chi connectivity index (χ4v) is 5.94. The fraction of sp³-hybridized carbons (Fsp3) is 0.381. The smallest absolute Gasteiger partial charge is 0.269 e. The maximum absolute atomic E-state index is 13.1. The molecule has 2 N–H and O–H groups in total. The summed E-state index contributed by atoms with van der Waals surface area (Å²) < 4.78 is 27.5. The molecule has 0 bridgehead atoms. The monoisotopic (exact) mass is 411 g/mol. The number of aromatic nitrogens is 2. The number of nitrogens with zero attached hydrogens (tertiary/aromatic N) is 3. The highest BCUT2D eigenvalue weighted by Crippen LogP contribution is 2.43. The molecule has 3 heterocycles. The Morgan fingerprint density at radius 2 is 2.00 bits per heavy atom. The van der Waals surface area contributed by atoms with Gasteiger partial charge in [0, 0.05) is 24.2 Å². The third kappa shape index (κ3) is 2.89. The minimum absolute atomic E-state index is 0.0172. The van der Waals surface area contributed by atoms with Gasteiger partial charge in [0.15, 0.2) is 5.65 Å². The predicted molar refractivity (Wildman–Crippen MR) is 115 cm³/mol. The molecule has 2 unspecified atom stereocenters. The molecule has 1 saturated carbocycles. The van der Waals surface area contributed by atoms with Gasteiger partial charge in [-0.3, -0.25) is 0 Å². The molecule has 2 aromatic heterocycles. The Balaban J connectivity index is 1.57. The fourth-order valence-electron chi connectivity index (χ4n) is 4.62. The van der Waals surface area contributed by atoms with E-state index in [-0.39, 0.29) is 10.4 Å². The maximum atomic E-state index is 13.1. The van der Waals surface area contributed by atoms with E-state index in [4.69, 9.17) is 0 Å². The number of hydrogen-bond donors (Lipinski definition) is 2. The second kappa shape index (κ2) is 6.47. The van der Waals surface area contributed by atoms with Crippen LogP contribution in [0.4, 0.5) is 11.4 Å². The van der Waals surface area contributed by atoms with Gasteiger partial charge in [-0.1, -0.05) is 18.2 Å². The van der Waals surface area contributed by atoms with E-state index in [9.17, 15) is 8.42 Å². The van der Waals surface area contributed by atoms with Crippen molar-refractivity contribution in [2.75, 3.05) is 31.3 Å². The molecule has 152 valence electrons. The minimum atomic E-state index is -3.70. The number of nitrogens with one attached hydrogen (secondary N) is 2. The summed E-state index contributed by atoms with van der Waals surface area (Å²) in [7, 11) is 0.562. The van der Waals surface area contributed by atoms with Crippen molar-refractivity contribution in [3.05, 3.63) is 48.8 Å². The Labute approximate surface area is 170 Å². The van der Waals surface area contributed by atoms with Crippen molar-refractivity contribution in [3.63, 3.8) is 0 Å². The summed E-state index contributed by atoms with van der Waals surface area (Å²) >= 11 is 0. The molecular formula is C21H25N5O2S. The lowest BCUT2D eigenvalue weighted by Gasteiger charge is -2.38. The second-order valence-corrected chi connectivity index (χ2v) is 10.1. The molecule has 0 radical (unpaired) electrons. The van der Waals surface area contributed by atoms with Crippen LogP contribution in [0.15, 0.2) is 53.7 Å². The summed E-state index contributed by atoms with van der Waals surface area (Å²) in [4.78, 5) is 7.02. The van der Waals surface area contributed by atoms with Crippen LogP contribution in [0, 0.1) is 0 Å². The van der Waals surface area contributed by atoms with Crippen LogP contribution in [0.3, 0.4) is 0 Å². The summed E-state index contributed by atoms with van der Waals surface area (Å²) in [6.07, 6.45) is 6.61. The Morgan fingerprint density at radius 3 is 2.72 bits per heavy atom. The zero-order valence-corrected chi connectivity index (χ0v) is 17.4. The summed E-state index contributed by atoms with van der Waals surface area (Å²) in [6, 6.07) is 10.9. The van der Waals surface area contributed by atoms with Crippen molar-refractivity contribution in [3.8, 4) is 0 Å². The van der Waals surface area contributed by atoms with E-state index in [2.05, 4.69) is 34.6 Å². The summed E-state index contributed by atoms with van der Waals surface area (Å²) in [5.41, 5.74) is 2.30. The Hall–Kier alpha value is -2.58. The quantitative estimate of drug-likeness (QED) is 0.690. The molecule has 1 spiro atoms. The van der Waals surface area contributed by atoms with E-state index < -0.39 is 10.0 Å². The van der Waals surface area contributed by atoms with E-state index in [1.807, 2.05) is 6.07 Å². The first kappa shape index (κ1) is 18.4. The van der Waals surface area contributed by atoms with Gasteiger partial charge in [0.1, 0.15) is 0 Å². The first-order valence-corrected chi connectivity index (χ1v) is 11.3. The lowest BCUT2D eigenvalue weighted by molar-refractivity contribution is 0.289. The minimum Gasteiger partial charge on any atom is -0.380 e. The van der Waals surface area contributed by atoms with E-state index in [1.54, 1.807) is 42.7 Å². The van der Waals surface area contributed by atoms with Gasteiger partial charge in [0.05, 0.1) is 28.0 Å². The van der Waals surface area contributed by atoms with Crippen LogP contribution in [-0.4, -0.2) is 54.5 Å². The van der Waals surface area contributed by atoms with E-state index >= 15 is 0 Å². The van der Waals surface area contributed by atoms with Crippen molar-refractivity contribution in [2.45, 2.75) is 35.7 Å². The molecule has 7 nitrogen and oxygen atoms in total. The van der Waals surface area contributed by atoms with Gasteiger partial charge in [-0.2, -0.15) is 0 Å². The average molecular weight is 412 g/mol. The number of pyridine rings is 1. The van der Waals surface area contributed by atoms with Gasteiger partial charge in [0.25, 0.3) is 10.0 Å². The van der Waals surface area contributed by atoms with Gasteiger partial charge in [0.2, 0.25) is 0 Å². The van der Waals surface area contributed by atoms with E-state index in [1.165, 1.54) is 3.97 Å². The molecule has 1 aliphatic heterocycles. The highest BCUT2D eigenvalue weighted by atomic mass is 32.2. The van der Waals surface area contributed by atoms with Crippen LogP contribution in [0.1, 0.15) is 19.3 Å². The van der Waals surface area contributed by atoms with Gasteiger partial charge < -0.3 is 15.5 Å². The maximum Gasteiger partial charge on any atom is 0.269 e. The van der Waals surface area contributed by atoms with E-state index in [0.29, 0.717) is 11.7 Å². The SMILES string of the molecule is CN(C)C1CCC2(CNc3cnc4c(ccn4S(=O)(=O)c4ccccc4)c3N2)C1.